The third-order valence-electron chi connectivity index (χ3n) is 2.96. The highest BCUT2D eigenvalue weighted by atomic mass is 79.9. The number of hydrogen-bond acceptors (Lipinski definition) is 3. The first-order chi connectivity index (χ1) is 10.1. The van der Waals surface area contributed by atoms with Crippen molar-refractivity contribution in [2.75, 3.05) is 11.9 Å². The fourth-order valence-electron chi connectivity index (χ4n) is 2.04. The van der Waals surface area contributed by atoms with Gasteiger partial charge in [-0.3, -0.25) is 0 Å². The van der Waals surface area contributed by atoms with Crippen molar-refractivity contribution in [2.45, 2.75) is 33.1 Å². The van der Waals surface area contributed by atoms with E-state index in [1.807, 2.05) is 12.1 Å². The summed E-state index contributed by atoms with van der Waals surface area (Å²) in [5, 5.41) is 3.28. The molecule has 1 aromatic heterocycles. The molecular formula is C16H19BrFN3. The van der Waals surface area contributed by atoms with E-state index in [9.17, 15) is 4.39 Å². The molecule has 0 unspecified atom stereocenters. The summed E-state index contributed by atoms with van der Waals surface area (Å²) in [4.78, 5) is 9.04. The number of benzene rings is 1. The van der Waals surface area contributed by atoms with Gasteiger partial charge in [0, 0.05) is 28.3 Å². The Kier molecular flexibility index (Phi) is 5.67. The predicted molar refractivity (Wildman–Crippen MR) is 87.9 cm³/mol. The lowest BCUT2D eigenvalue weighted by Gasteiger charge is -2.10. The molecule has 2 rings (SSSR count). The van der Waals surface area contributed by atoms with Crippen LogP contribution in [0.15, 0.2) is 28.7 Å². The van der Waals surface area contributed by atoms with Gasteiger partial charge in [0.05, 0.1) is 0 Å². The van der Waals surface area contributed by atoms with Gasteiger partial charge in [0.1, 0.15) is 11.6 Å². The standard InChI is InChI=1S/C16H19BrFN3/c1-3-5-14-10-15(19-6-4-2)21-16(20-14)11-7-12(17)9-13(18)8-11/h7-10H,3-6H2,1-2H3,(H,19,20,21). The highest BCUT2D eigenvalue weighted by Gasteiger charge is 2.09. The normalized spacial score (nSPS) is 10.7. The summed E-state index contributed by atoms with van der Waals surface area (Å²) in [5.41, 5.74) is 1.65. The molecule has 3 nitrogen and oxygen atoms in total. The summed E-state index contributed by atoms with van der Waals surface area (Å²) in [7, 11) is 0. The number of aryl methyl sites for hydroxylation is 1. The van der Waals surface area contributed by atoms with Crippen molar-refractivity contribution in [3.63, 3.8) is 0 Å². The number of halogens is 2. The van der Waals surface area contributed by atoms with Crippen molar-refractivity contribution in [3.8, 4) is 11.4 Å². The molecule has 0 radical (unpaired) electrons. The van der Waals surface area contributed by atoms with Crippen LogP contribution in [0, 0.1) is 5.82 Å². The molecule has 1 aromatic carbocycles. The molecule has 1 N–H and O–H groups in total. The van der Waals surface area contributed by atoms with Crippen molar-refractivity contribution >= 4 is 21.7 Å². The Morgan fingerprint density at radius 3 is 2.57 bits per heavy atom. The van der Waals surface area contributed by atoms with Crippen molar-refractivity contribution in [1.29, 1.82) is 0 Å². The van der Waals surface area contributed by atoms with Crippen molar-refractivity contribution < 1.29 is 4.39 Å². The summed E-state index contributed by atoms with van der Waals surface area (Å²) in [6.45, 7) is 5.07. The smallest absolute Gasteiger partial charge is 0.161 e. The van der Waals surface area contributed by atoms with Crippen LogP contribution < -0.4 is 5.32 Å². The van der Waals surface area contributed by atoms with Crippen LogP contribution in [0.1, 0.15) is 32.4 Å². The number of aromatic nitrogens is 2. The molecule has 0 fully saturated rings. The lowest BCUT2D eigenvalue weighted by Crippen LogP contribution is -2.05. The molecule has 21 heavy (non-hydrogen) atoms. The van der Waals surface area contributed by atoms with Crippen molar-refractivity contribution in [3.05, 3.63) is 40.2 Å². The van der Waals surface area contributed by atoms with E-state index in [1.165, 1.54) is 12.1 Å². The maximum atomic E-state index is 13.6. The molecule has 0 spiro atoms. The molecule has 112 valence electrons. The Hall–Kier alpha value is -1.49. The zero-order valence-corrected chi connectivity index (χ0v) is 13.9. The summed E-state index contributed by atoms with van der Waals surface area (Å²) in [6.07, 6.45) is 2.91. The second-order valence-electron chi connectivity index (χ2n) is 4.90. The Balaban J connectivity index is 2.42. The second kappa shape index (κ2) is 7.50. The molecule has 0 amide bonds. The molecular weight excluding hydrogens is 333 g/mol. The monoisotopic (exact) mass is 351 g/mol. The maximum absolute atomic E-state index is 13.6. The van der Waals surface area contributed by atoms with E-state index in [4.69, 9.17) is 0 Å². The van der Waals surface area contributed by atoms with Gasteiger partial charge in [0.2, 0.25) is 0 Å². The minimum absolute atomic E-state index is 0.299. The van der Waals surface area contributed by atoms with E-state index >= 15 is 0 Å². The fourth-order valence-corrected chi connectivity index (χ4v) is 2.50. The largest absolute Gasteiger partial charge is 0.370 e. The van der Waals surface area contributed by atoms with Gasteiger partial charge in [-0.25, -0.2) is 14.4 Å². The summed E-state index contributed by atoms with van der Waals surface area (Å²) < 4.78 is 14.2. The average molecular weight is 352 g/mol. The first-order valence-corrected chi connectivity index (χ1v) is 8.00. The van der Waals surface area contributed by atoms with Crippen LogP contribution in [0.5, 0.6) is 0 Å². The lowest BCUT2D eigenvalue weighted by atomic mass is 10.2. The zero-order chi connectivity index (χ0) is 15.2. The second-order valence-corrected chi connectivity index (χ2v) is 5.82. The fraction of sp³-hybridized carbons (Fsp3) is 0.375. The molecule has 0 saturated heterocycles. The SMILES string of the molecule is CCCNc1cc(CCC)nc(-c2cc(F)cc(Br)c2)n1. The van der Waals surface area contributed by atoms with Crippen LogP contribution in [0.4, 0.5) is 10.2 Å². The number of nitrogens with one attached hydrogen (secondary N) is 1. The Labute approximate surface area is 133 Å². The first kappa shape index (κ1) is 15.9. The van der Waals surface area contributed by atoms with Gasteiger partial charge in [0.15, 0.2) is 5.82 Å². The number of rotatable bonds is 6. The minimum Gasteiger partial charge on any atom is -0.370 e. The van der Waals surface area contributed by atoms with Crippen molar-refractivity contribution in [1.82, 2.24) is 9.97 Å². The van der Waals surface area contributed by atoms with Crippen LogP contribution in [0.2, 0.25) is 0 Å². The van der Waals surface area contributed by atoms with E-state index in [2.05, 4.69) is 45.1 Å². The van der Waals surface area contributed by atoms with Gasteiger partial charge >= 0.3 is 0 Å². The molecule has 0 saturated carbocycles. The predicted octanol–water partition coefficient (Wildman–Crippen LogP) is 4.82. The third-order valence-corrected chi connectivity index (χ3v) is 3.42. The molecule has 1 heterocycles. The van der Waals surface area contributed by atoms with Gasteiger partial charge in [0.25, 0.3) is 0 Å². The van der Waals surface area contributed by atoms with Gasteiger partial charge in [-0.15, -0.1) is 0 Å². The Morgan fingerprint density at radius 2 is 1.90 bits per heavy atom. The summed E-state index contributed by atoms with van der Waals surface area (Å²) in [6, 6.07) is 6.68. The summed E-state index contributed by atoms with van der Waals surface area (Å²) >= 11 is 3.31. The molecule has 0 aliphatic heterocycles. The molecule has 0 atom stereocenters. The molecule has 5 heteroatoms. The van der Waals surface area contributed by atoms with Crippen LogP contribution in [-0.4, -0.2) is 16.5 Å². The van der Waals surface area contributed by atoms with Gasteiger partial charge in [-0.05, 0) is 31.0 Å². The van der Waals surface area contributed by atoms with Crippen LogP contribution in [0.3, 0.4) is 0 Å². The van der Waals surface area contributed by atoms with E-state index in [0.717, 1.165) is 37.3 Å². The third kappa shape index (κ3) is 4.49. The van der Waals surface area contributed by atoms with Crippen molar-refractivity contribution in [2.24, 2.45) is 0 Å². The Bertz CT molecular complexity index is 596. The molecule has 0 aliphatic rings. The first-order valence-electron chi connectivity index (χ1n) is 7.20. The molecule has 2 aromatic rings. The van der Waals surface area contributed by atoms with E-state index in [0.29, 0.717) is 15.9 Å². The molecule has 0 bridgehead atoms. The molecule has 0 aliphatic carbocycles. The van der Waals surface area contributed by atoms with Crippen LogP contribution in [0.25, 0.3) is 11.4 Å². The average Bonchev–Trinajstić information content (AvgIpc) is 2.44. The summed E-state index contributed by atoms with van der Waals surface area (Å²) in [5.74, 6) is 1.05. The minimum atomic E-state index is -0.299. The quantitative estimate of drug-likeness (QED) is 0.810. The van der Waals surface area contributed by atoms with E-state index in [-0.39, 0.29) is 5.82 Å². The van der Waals surface area contributed by atoms with Crippen LogP contribution >= 0.6 is 15.9 Å². The van der Waals surface area contributed by atoms with Gasteiger partial charge < -0.3 is 5.32 Å². The van der Waals surface area contributed by atoms with Crippen LogP contribution in [-0.2, 0) is 6.42 Å². The Morgan fingerprint density at radius 1 is 1.10 bits per heavy atom. The maximum Gasteiger partial charge on any atom is 0.161 e. The van der Waals surface area contributed by atoms with Gasteiger partial charge in [-0.1, -0.05) is 36.2 Å². The van der Waals surface area contributed by atoms with E-state index in [1.54, 1.807) is 0 Å². The van der Waals surface area contributed by atoms with E-state index < -0.39 is 0 Å². The van der Waals surface area contributed by atoms with Gasteiger partial charge in [-0.2, -0.15) is 0 Å². The highest BCUT2D eigenvalue weighted by Crippen LogP contribution is 2.24. The highest BCUT2D eigenvalue weighted by molar-refractivity contribution is 9.10. The lowest BCUT2D eigenvalue weighted by molar-refractivity contribution is 0.627. The topological polar surface area (TPSA) is 37.8 Å². The number of anilines is 1. The number of hydrogen-bond donors (Lipinski definition) is 1. The zero-order valence-electron chi connectivity index (χ0n) is 12.3. The number of nitrogens with zero attached hydrogens (tertiary/aromatic N) is 2.